The SMILES string of the molecule is c1ccc(B2N(c3ccccc3)B(c3ccccc3)N(c3ccccc3)B(c3cccc(-c4ccc5c6ccccc6c6ccccc6c5c4)c3)N2c2ccccc2)cc1. The number of hydrogen-bond donors (Lipinski definition) is 0. The molecule has 0 aliphatic carbocycles. The van der Waals surface area contributed by atoms with Gasteiger partial charge >= 0.3 is 20.9 Å². The summed E-state index contributed by atoms with van der Waals surface area (Å²) in [6.45, 7) is -0.597. The van der Waals surface area contributed by atoms with E-state index in [1.807, 2.05) is 0 Å². The lowest BCUT2D eigenvalue weighted by Crippen LogP contribution is -2.86. The first kappa shape index (κ1) is 35.7. The Bertz CT molecular complexity index is 2950. The topological polar surface area (TPSA) is 9.72 Å². The number of rotatable bonds is 7. The second-order valence-electron chi connectivity index (χ2n) is 15.6. The third kappa shape index (κ3) is 6.20. The first-order valence-electron chi connectivity index (χ1n) is 20.9. The van der Waals surface area contributed by atoms with Crippen LogP contribution in [-0.4, -0.2) is 20.9 Å². The molecule has 0 N–H and O–H groups in total. The average molecular weight is 763 g/mol. The molecule has 0 saturated carbocycles. The zero-order valence-electron chi connectivity index (χ0n) is 33.2. The van der Waals surface area contributed by atoms with E-state index < -0.39 is 0 Å². The van der Waals surface area contributed by atoms with Crippen molar-refractivity contribution in [2.75, 3.05) is 14.2 Å². The largest absolute Gasteiger partial charge is 0.416 e. The summed E-state index contributed by atoms with van der Waals surface area (Å²) in [5.74, 6) is 0. The zero-order valence-corrected chi connectivity index (χ0v) is 33.2. The summed E-state index contributed by atoms with van der Waals surface area (Å²) in [6, 6.07) is 88.9. The van der Waals surface area contributed by atoms with Gasteiger partial charge in [-0.15, -0.1) is 0 Å². The minimum Gasteiger partial charge on any atom is -0.416 e. The molecule has 0 spiro atoms. The Morgan fingerprint density at radius 3 is 0.967 bits per heavy atom. The fourth-order valence-corrected chi connectivity index (χ4v) is 9.63. The molecule has 0 atom stereocenters. The van der Waals surface area contributed by atoms with Crippen LogP contribution in [0.25, 0.3) is 43.4 Å². The minimum absolute atomic E-state index is 0.185. The molecule has 11 rings (SSSR count). The van der Waals surface area contributed by atoms with Gasteiger partial charge in [0.2, 0.25) is 0 Å². The molecule has 0 unspecified atom stereocenters. The zero-order chi connectivity index (χ0) is 39.8. The second kappa shape index (κ2) is 15.4. The molecule has 1 fully saturated rings. The molecule has 10 aromatic carbocycles. The lowest BCUT2D eigenvalue weighted by Gasteiger charge is -2.57. The van der Waals surface area contributed by atoms with Crippen LogP contribution in [0.4, 0.5) is 17.1 Å². The van der Waals surface area contributed by atoms with Crippen LogP contribution in [0.1, 0.15) is 0 Å². The van der Waals surface area contributed by atoms with E-state index in [0.29, 0.717) is 0 Å². The lowest BCUT2D eigenvalue weighted by atomic mass is 9.37. The van der Waals surface area contributed by atoms with Gasteiger partial charge < -0.3 is 14.2 Å². The van der Waals surface area contributed by atoms with Crippen molar-refractivity contribution >= 4 is 86.7 Å². The molecule has 3 nitrogen and oxygen atoms in total. The summed E-state index contributed by atoms with van der Waals surface area (Å²) in [5, 5.41) is 7.69. The van der Waals surface area contributed by atoms with Gasteiger partial charge in [-0.05, 0) is 102 Å². The van der Waals surface area contributed by atoms with Crippen LogP contribution in [0.2, 0.25) is 0 Å². The highest BCUT2D eigenvalue weighted by molar-refractivity contribution is 7.14. The van der Waals surface area contributed by atoms with Crippen LogP contribution in [-0.2, 0) is 0 Å². The van der Waals surface area contributed by atoms with Crippen LogP contribution in [0.3, 0.4) is 0 Å². The van der Waals surface area contributed by atoms with Crippen molar-refractivity contribution in [3.05, 3.63) is 243 Å². The molecule has 1 heterocycles. The van der Waals surface area contributed by atoms with Crippen molar-refractivity contribution in [1.29, 1.82) is 0 Å². The van der Waals surface area contributed by atoms with E-state index in [-0.39, 0.29) is 20.9 Å². The average Bonchev–Trinajstić information content (AvgIpc) is 3.34. The van der Waals surface area contributed by atoms with Crippen LogP contribution >= 0.6 is 0 Å². The highest BCUT2D eigenvalue weighted by atomic mass is 15.3. The van der Waals surface area contributed by atoms with Crippen LogP contribution in [0.5, 0.6) is 0 Å². The summed E-state index contributed by atoms with van der Waals surface area (Å²) in [5.41, 5.74) is 9.44. The van der Waals surface area contributed by atoms with Gasteiger partial charge in [-0.2, -0.15) is 0 Å². The Morgan fingerprint density at radius 1 is 0.217 bits per heavy atom. The number of benzene rings is 10. The predicted octanol–water partition coefficient (Wildman–Crippen LogP) is 10.8. The molecule has 1 aliphatic rings. The maximum atomic E-state index is 2.63. The Labute approximate surface area is 353 Å². The first-order valence-corrected chi connectivity index (χ1v) is 20.9. The summed E-state index contributed by atoms with van der Waals surface area (Å²) in [7, 11) is 0. The minimum atomic E-state index is -0.227. The molecule has 0 radical (unpaired) electrons. The van der Waals surface area contributed by atoms with Crippen molar-refractivity contribution in [2.24, 2.45) is 0 Å². The van der Waals surface area contributed by atoms with E-state index in [1.165, 1.54) is 59.8 Å². The van der Waals surface area contributed by atoms with Gasteiger partial charge in [0.25, 0.3) is 0 Å². The van der Waals surface area contributed by atoms with Gasteiger partial charge in [-0.1, -0.05) is 200 Å². The third-order valence-corrected chi connectivity index (χ3v) is 12.2. The first-order chi connectivity index (χ1) is 29.8. The molecule has 0 aromatic heterocycles. The summed E-state index contributed by atoms with van der Waals surface area (Å²) in [6.07, 6.45) is 0. The molecular formula is C54H40B3N3. The number of anilines is 3. The smallest absolute Gasteiger partial charge is 0.388 e. The summed E-state index contributed by atoms with van der Waals surface area (Å²) < 4.78 is 7.88. The van der Waals surface area contributed by atoms with Gasteiger partial charge in [-0.25, -0.2) is 0 Å². The van der Waals surface area contributed by atoms with E-state index in [9.17, 15) is 0 Å². The van der Waals surface area contributed by atoms with E-state index in [0.717, 1.165) is 17.1 Å². The molecule has 60 heavy (non-hydrogen) atoms. The number of para-hydroxylation sites is 3. The molecule has 6 heteroatoms. The number of fused-ring (bicyclic) bond motifs is 6. The molecule has 1 aliphatic heterocycles. The van der Waals surface area contributed by atoms with E-state index >= 15 is 0 Å². The molecule has 10 aromatic rings. The van der Waals surface area contributed by atoms with Gasteiger partial charge in [0.05, 0.1) is 0 Å². The highest BCUT2D eigenvalue weighted by Gasteiger charge is 2.55. The molecular weight excluding hydrogens is 723 g/mol. The Morgan fingerprint density at radius 2 is 0.533 bits per heavy atom. The Balaban J connectivity index is 1.18. The quantitative estimate of drug-likeness (QED) is 0.118. The Hall–Kier alpha value is -7.43. The molecule has 0 bridgehead atoms. The van der Waals surface area contributed by atoms with Crippen LogP contribution in [0.15, 0.2) is 243 Å². The van der Waals surface area contributed by atoms with Gasteiger partial charge in [-0.3, -0.25) is 0 Å². The summed E-state index contributed by atoms with van der Waals surface area (Å²) in [4.78, 5) is 0. The highest BCUT2D eigenvalue weighted by Crippen LogP contribution is 2.38. The van der Waals surface area contributed by atoms with E-state index in [1.54, 1.807) is 0 Å². The van der Waals surface area contributed by atoms with E-state index in [4.69, 9.17) is 0 Å². The fraction of sp³-hybridized carbons (Fsp3) is 0. The third-order valence-electron chi connectivity index (χ3n) is 12.2. The van der Waals surface area contributed by atoms with Crippen molar-refractivity contribution < 1.29 is 0 Å². The molecule has 1 saturated heterocycles. The van der Waals surface area contributed by atoms with Gasteiger partial charge in [0, 0.05) is 17.1 Å². The Kier molecular flexibility index (Phi) is 9.16. The van der Waals surface area contributed by atoms with Crippen LogP contribution in [0, 0.1) is 0 Å². The number of hydrogen-bond acceptors (Lipinski definition) is 3. The monoisotopic (exact) mass is 763 g/mol. The lowest BCUT2D eigenvalue weighted by molar-refractivity contribution is 1.29. The van der Waals surface area contributed by atoms with Gasteiger partial charge in [0.1, 0.15) is 0 Å². The maximum Gasteiger partial charge on any atom is 0.388 e. The van der Waals surface area contributed by atoms with Crippen molar-refractivity contribution in [3.63, 3.8) is 0 Å². The van der Waals surface area contributed by atoms with Crippen molar-refractivity contribution in [1.82, 2.24) is 0 Å². The molecule has 0 amide bonds. The standard InChI is InChI=1S/C54H40B3N3/c1-6-22-43(23-7-1)55-58(46-27-10-3-11-28-46)56(44-24-8-2-9-25-44)60(48-31-14-5-15-32-48)57(59(55)47-29-12-4-13-30-47)45-26-20-21-41(39-45)42-37-38-53-51-35-17-16-33-49(51)50-34-18-19-36-52(50)54(53)40-42/h1-40H. The number of nitrogens with zero attached hydrogens (tertiary/aromatic N) is 3. The fourth-order valence-electron chi connectivity index (χ4n) is 9.63. The van der Waals surface area contributed by atoms with Crippen molar-refractivity contribution in [3.8, 4) is 11.1 Å². The predicted molar refractivity (Wildman–Crippen MR) is 260 cm³/mol. The van der Waals surface area contributed by atoms with E-state index in [2.05, 4.69) is 257 Å². The second-order valence-corrected chi connectivity index (χ2v) is 15.6. The van der Waals surface area contributed by atoms with Crippen molar-refractivity contribution in [2.45, 2.75) is 0 Å². The molecule has 280 valence electrons. The summed E-state index contributed by atoms with van der Waals surface area (Å²) >= 11 is 0. The maximum absolute atomic E-state index is 2.63. The normalized spacial score (nSPS) is 13.1. The van der Waals surface area contributed by atoms with Crippen LogP contribution < -0.4 is 30.6 Å². The van der Waals surface area contributed by atoms with Gasteiger partial charge in [0.15, 0.2) is 0 Å².